The third kappa shape index (κ3) is 2.31. The maximum Gasteiger partial charge on any atom is 0.309 e. The molecule has 0 aliphatic heterocycles. The van der Waals surface area contributed by atoms with Crippen molar-refractivity contribution in [3.8, 4) is 11.3 Å². The number of fused-ring (bicyclic) bond motifs is 1. The fraction of sp³-hybridized carbons (Fsp3) is 0.294. The van der Waals surface area contributed by atoms with Gasteiger partial charge in [-0.15, -0.1) is 11.3 Å². The van der Waals surface area contributed by atoms with Gasteiger partial charge >= 0.3 is 5.97 Å². The van der Waals surface area contributed by atoms with E-state index < -0.39 is 5.97 Å². The molecule has 0 aliphatic carbocycles. The molecule has 2 aromatic heterocycles. The molecule has 3 aromatic rings. The summed E-state index contributed by atoms with van der Waals surface area (Å²) in [6.07, 6.45) is -0.0273. The number of rotatable bonds is 3. The van der Waals surface area contributed by atoms with Gasteiger partial charge in [0, 0.05) is 16.1 Å². The molecule has 0 saturated heterocycles. The van der Waals surface area contributed by atoms with Crippen LogP contribution in [0.3, 0.4) is 0 Å². The van der Waals surface area contributed by atoms with Crippen molar-refractivity contribution in [2.75, 3.05) is 0 Å². The molecule has 0 aliphatic rings. The van der Waals surface area contributed by atoms with Crippen LogP contribution in [0.2, 0.25) is 0 Å². The van der Waals surface area contributed by atoms with Gasteiger partial charge in [-0.05, 0) is 44.9 Å². The minimum Gasteiger partial charge on any atom is -0.481 e. The van der Waals surface area contributed by atoms with Crippen LogP contribution in [0.5, 0.6) is 0 Å². The zero-order valence-electron chi connectivity index (χ0n) is 13.1. The zero-order chi connectivity index (χ0) is 16.0. The van der Waals surface area contributed by atoms with Gasteiger partial charge < -0.3 is 5.11 Å². The molecular formula is C17H18N2O2S. The summed E-state index contributed by atoms with van der Waals surface area (Å²) in [7, 11) is 0. The van der Waals surface area contributed by atoms with Crippen molar-refractivity contribution < 1.29 is 9.90 Å². The highest BCUT2D eigenvalue weighted by atomic mass is 32.1. The van der Waals surface area contributed by atoms with Gasteiger partial charge in [-0.2, -0.15) is 0 Å². The largest absolute Gasteiger partial charge is 0.481 e. The molecule has 1 N–H and O–H groups in total. The van der Waals surface area contributed by atoms with Gasteiger partial charge in [0.1, 0.15) is 0 Å². The molecule has 2 heterocycles. The van der Waals surface area contributed by atoms with Gasteiger partial charge in [-0.3, -0.25) is 9.20 Å². The third-order valence-electron chi connectivity index (χ3n) is 4.13. The van der Waals surface area contributed by atoms with Crippen LogP contribution in [-0.4, -0.2) is 20.5 Å². The Bertz CT molecular complexity index is 890. The SMILES string of the molecule is Cc1ccc(-c2nc3sc(C)c(C)n3c2CC(=O)O)cc1C. The Hall–Kier alpha value is -2.14. The van der Waals surface area contributed by atoms with Crippen molar-refractivity contribution >= 4 is 22.3 Å². The highest BCUT2D eigenvalue weighted by Crippen LogP contribution is 2.31. The molecule has 3 rings (SSSR count). The predicted octanol–water partition coefficient (Wildman–Crippen LogP) is 3.92. The van der Waals surface area contributed by atoms with Crippen molar-refractivity contribution in [2.45, 2.75) is 34.1 Å². The van der Waals surface area contributed by atoms with Crippen LogP contribution in [0, 0.1) is 27.7 Å². The van der Waals surface area contributed by atoms with Gasteiger partial charge in [0.15, 0.2) is 4.96 Å². The molecule has 0 unspecified atom stereocenters. The summed E-state index contributed by atoms with van der Waals surface area (Å²) in [4.78, 5) is 18.0. The number of hydrogen-bond donors (Lipinski definition) is 1. The highest BCUT2D eigenvalue weighted by Gasteiger charge is 2.20. The molecule has 0 bridgehead atoms. The first kappa shape index (κ1) is 14.8. The Kier molecular flexibility index (Phi) is 3.53. The predicted molar refractivity (Wildman–Crippen MR) is 88.8 cm³/mol. The van der Waals surface area contributed by atoms with Crippen molar-refractivity contribution in [3.05, 3.63) is 45.6 Å². The monoisotopic (exact) mass is 314 g/mol. The molecule has 114 valence electrons. The fourth-order valence-electron chi connectivity index (χ4n) is 2.64. The van der Waals surface area contributed by atoms with Crippen LogP contribution in [-0.2, 0) is 11.2 Å². The van der Waals surface area contributed by atoms with E-state index in [1.165, 1.54) is 16.0 Å². The van der Waals surface area contributed by atoms with Crippen LogP contribution < -0.4 is 0 Å². The first-order valence-electron chi connectivity index (χ1n) is 7.15. The van der Waals surface area contributed by atoms with Gasteiger partial charge in [0.25, 0.3) is 0 Å². The molecular weight excluding hydrogens is 296 g/mol. The first-order valence-corrected chi connectivity index (χ1v) is 7.97. The van der Waals surface area contributed by atoms with Crippen LogP contribution >= 0.6 is 11.3 Å². The second kappa shape index (κ2) is 5.25. The zero-order valence-corrected chi connectivity index (χ0v) is 13.9. The van der Waals surface area contributed by atoms with Crippen LogP contribution in [0.4, 0.5) is 0 Å². The summed E-state index contributed by atoms with van der Waals surface area (Å²) in [6.45, 7) is 8.17. The normalized spacial score (nSPS) is 11.3. The number of thiazole rings is 1. The van der Waals surface area contributed by atoms with Gasteiger partial charge in [-0.25, -0.2) is 4.98 Å². The van der Waals surface area contributed by atoms with Crippen molar-refractivity contribution in [2.24, 2.45) is 0 Å². The summed E-state index contributed by atoms with van der Waals surface area (Å²) >= 11 is 1.60. The van der Waals surface area contributed by atoms with Crippen molar-refractivity contribution in [1.29, 1.82) is 0 Å². The molecule has 5 heteroatoms. The highest BCUT2D eigenvalue weighted by molar-refractivity contribution is 7.17. The number of nitrogens with zero attached hydrogens (tertiary/aromatic N) is 2. The van der Waals surface area contributed by atoms with Gasteiger partial charge in [-0.1, -0.05) is 12.1 Å². The number of carbonyl (C=O) groups is 1. The standard InChI is InChI=1S/C17H18N2O2S/c1-9-5-6-13(7-10(9)2)16-14(8-15(20)21)19-11(3)12(4)22-17(19)18-16/h5-7H,8H2,1-4H3,(H,20,21). The van der Waals surface area contributed by atoms with E-state index >= 15 is 0 Å². The average molecular weight is 314 g/mol. The molecule has 22 heavy (non-hydrogen) atoms. The molecule has 4 nitrogen and oxygen atoms in total. The van der Waals surface area contributed by atoms with Gasteiger partial charge in [0.2, 0.25) is 0 Å². The topological polar surface area (TPSA) is 54.6 Å². The quantitative estimate of drug-likeness (QED) is 0.797. The Morgan fingerprint density at radius 2 is 1.95 bits per heavy atom. The number of aryl methyl sites for hydroxylation is 4. The lowest BCUT2D eigenvalue weighted by Crippen LogP contribution is -2.05. The number of carboxylic acids is 1. The fourth-order valence-corrected chi connectivity index (χ4v) is 3.63. The minimum absolute atomic E-state index is 0.0273. The maximum absolute atomic E-state index is 11.3. The number of aliphatic carboxylic acids is 1. The lowest BCUT2D eigenvalue weighted by Gasteiger charge is -2.06. The van der Waals surface area contributed by atoms with E-state index in [2.05, 4.69) is 26.0 Å². The molecule has 0 saturated carbocycles. The van der Waals surface area contributed by atoms with Crippen LogP contribution in [0.25, 0.3) is 16.2 Å². The Morgan fingerprint density at radius 1 is 1.23 bits per heavy atom. The Labute approximate surface area is 133 Å². The van der Waals surface area contributed by atoms with Crippen LogP contribution in [0.1, 0.15) is 27.4 Å². The summed E-state index contributed by atoms with van der Waals surface area (Å²) in [6, 6.07) is 6.15. The van der Waals surface area contributed by atoms with E-state index in [4.69, 9.17) is 4.98 Å². The number of hydrogen-bond acceptors (Lipinski definition) is 3. The summed E-state index contributed by atoms with van der Waals surface area (Å²) in [5, 5.41) is 9.27. The molecule has 1 aromatic carbocycles. The molecule has 0 amide bonds. The second-order valence-corrected chi connectivity index (χ2v) is 6.82. The Morgan fingerprint density at radius 3 is 2.59 bits per heavy atom. The molecule has 0 atom stereocenters. The van der Waals surface area contributed by atoms with E-state index in [0.29, 0.717) is 0 Å². The number of carboxylic acid groups (broad SMARTS) is 1. The minimum atomic E-state index is -0.838. The van der Waals surface area contributed by atoms with E-state index in [1.54, 1.807) is 11.3 Å². The maximum atomic E-state index is 11.3. The van der Waals surface area contributed by atoms with E-state index in [1.807, 2.05) is 24.3 Å². The number of imidazole rings is 1. The Balaban J connectivity index is 2.28. The lowest BCUT2D eigenvalue weighted by atomic mass is 10.0. The molecule has 0 radical (unpaired) electrons. The smallest absolute Gasteiger partial charge is 0.309 e. The third-order valence-corrected chi connectivity index (χ3v) is 5.19. The van der Waals surface area contributed by atoms with Crippen LogP contribution in [0.15, 0.2) is 18.2 Å². The summed E-state index contributed by atoms with van der Waals surface area (Å²) in [5.74, 6) is -0.838. The summed E-state index contributed by atoms with van der Waals surface area (Å²) in [5.41, 5.74) is 5.98. The second-order valence-electron chi connectivity index (χ2n) is 5.64. The summed E-state index contributed by atoms with van der Waals surface area (Å²) < 4.78 is 1.98. The van der Waals surface area contributed by atoms with Crippen molar-refractivity contribution in [1.82, 2.24) is 9.38 Å². The molecule has 0 spiro atoms. The van der Waals surface area contributed by atoms with Gasteiger partial charge in [0.05, 0.1) is 17.8 Å². The van der Waals surface area contributed by atoms with E-state index in [9.17, 15) is 9.90 Å². The van der Waals surface area contributed by atoms with Crippen molar-refractivity contribution in [3.63, 3.8) is 0 Å². The average Bonchev–Trinajstić information content (AvgIpc) is 2.91. The number of aromatic nitrogens is 2. The first-order chi connectivity index (χ1) is 10.4. The molecule has 0 fully saturated rings. The lowest BCUT2D eigenvalue weighted by molar-refractivity contribution is -0.136. The van der Waals surface area contributed by atoms with E-state index in [-0.39, 0.29) is 6.42 Å². The number of benzene rings is 1. The van der Waals surface area contributed by atoms with E-state index in [0.717, 1.165) is 27.6 Å².